The van der Waals surface area contributed by atoms with Crippen LogP contribution in [0.3, 0.4) is 0 Å². The van der Waals surface area contributed by atoms with Crippen LogP contribution in [0.25, 0.3) is 0 Å². The second kappa shape index (κ2) is 6.45. The van der Waals surface area contributed by atoms with Crippen LogP contribution in [0, 0.1) is 17.1 Å². The Labute approximate surface area is 155 Å². The summed E-state index contributed by atoms with van der Waals surface area (Å²) in [6, 6.07) is 8.54. The van der Waals surface area contributed by atoms with E-state index in [0.29, 0.717) is 0 Å². The first kappa shape index (κ1) is 18.5. The van der Waals surface area contributed by atoms with E-state index in [9.17, 15) is 17.6 Å². The molecule has 0 aliphatic carbocycles. The number of oxime groups is 1. The van der Waals surface area contributed by atoms with Crippen LogP contribution >= 0.6 is 23.2 Å². The van der Waals surface area contributed by atoms with E-state index in [1.54, 1.807) is 6.07 Å². The van der Waals surface area contributed by atoms with E-state index in [4.69, 9.17) is 33.3 Å². The Bertz CT molecular complexity index is 933. The van der Waals surface area contributed by atoms with Gasteiger partial charge in [-0.1, -0.05) is 34.4 Å². The molecule has 0 spiro atoms. The molecule has 2 aromatic rings. The highest BCUT2D eigenvalue weighted by Gasteiger charge is 2.62. The Morgan fingerprint density at radius 2 is 1.77 bits per heavy atom. The van der Waals surface area contributed by atoms with Crippen molar-refractivity contribution in [2.45, 2.75) is 18.2 Å². The topological polar surface area (TPSA) is 45.4 Å². The molecule has 0 fully saturated rings. The number of alkyl halides is 3. The number of hydrogen-bond donors (Lipinski definition) is 0. The average molecular weight is 403 g/mol. The molecule has 1 aliphatic rings. The molecule has 3 rings (SSSR count). The highest BCUT2D eigenvalue weighted by molar-refractivity contribution is 6.34. The van der Waals surface area contributed by atoms with Crippen molar-refractivity contribution < 1.29 is 22.4 Å². The van der Waals surface area contributed by atoms with Gasteiger partial charge in [0.05, 0.1) is 11.3 Å². The van der Waals surface area contributed by atoms with Gasteiger partial charge in [-0.05, 0) is 30.3 Å². The zero-order valence-electron chi connectivity index (χ0n) is 12.7. The van der Waals surface area contributed by atoms with E-state index in [1.165, 1.54) is 12.1 Å². The molecule has 3 nitrogen and oxygen atoms in total. The Kier molecular flexibility index (Phi) is 4.59. The van der Waals surface area contributed by atoms with Crippen molar-refractivity contribution in [3.8, 4) is 6.07 Å². The van der Waals surface area contributed by atoms with Gasteiger partial charge in [0.1, 0.15) is 11.9 Å². The van der Waals surface area contributed by atoms with Gasteiger partial charge in [0.2, 0.25) is 0 Å². The second-order valence-corrected chi connectivity index (χ2v) is 6.47. The van der Waals surface area contributed by atoms with Gasteiger partial charge in [-0.25, -0.2) is 4.39 Å². The van der Waals surface area contributed by atoms with Crippen LogP contribution in [0.15, 0.2) is 41.6 Å². The Morgan fingerprint density at radius 1 is 1.12 bits per heavy atom. The van der Waals surface area contributed by atoms with Gasteiger partial charge in [0.25, 0.3) is 5.60 Å². The average Bonchev–Trinajstić information content (AvgIpc) is 3.00. The maximum atomic E-state index is 13.9. The number of nitrogens with zero attached hydrogens (tertiary/aromatic N) is 2. The van der Waals surface area contributed by atoms with Crippen LogP contribution in [-0.4, -0.2) is 11.9 Å². The predicted octanol–water partition coefficient (Wildman–Crippen LogP) is 5.59. The Morgan fingerprint density at radius 3 is 2.31 bits per heavy atom. The smallest absolute Gasteiger partial charge is 0.374 e. The summed E-state index contributed by atoms with van der Waals surface area (Å²) in [4.78, 5) is 4.82. The minimum Gasteiger partial charge on any atom is -0.374 e. The second-order valence-electron chi connectivity index (χ2n) is 5.60. The zero-order valence-corrected chi connectivity index (χ0v) is 14.3. The van der Waals surface area contributed by atoms with Crippen LogP contribution in [0.4, 0.5) is 17.6 Å². The van der Waals surface area contributed by atoms with E-state index < -0.39 is 24.0 Å². The number of halogens is 6. The standard InChI is InChI=1S/C17H8Cl2F4N2O/c18-12-4-11(5-13(19)6-12)16(17(21,22)23)7-15(25-26-16)9-1-2-10(8-24)14(20)3-9/h1-6H,7H2. The summed E-state index contributed by atoms with van der Waals surface area (Å²) in [6.45, 7) is 0. The number of nitriles is 1. The summed E-state index contributed by atoms with van der Waals surface area (Å²) in [6.07, 6.45) is -5.53. The fourth-order valence-electron chi connectivity index (χ4n) is 2.63. The molecule has 1 unspecified atom stereocenters. The summed E-state index contributed by atoms with van der Waals surface area (Å²) in [5, 5.41) is 12.3. The first-order chi connectivity index (χ1) is 12.2. The largest absolute Gasteiger partial charge is 0.435 e. The van der Waals surface area contributed by atoms with Gasteiger partial charge in [-0.2, -0.15) is 18.4 Å². The molecule has 0 amide bonds. The fourth-order valence-corrected chi connectivity index (χ4v) is 3.16. The number of benzene rings is 2. The summed E-state index contributed by atoms with van der Waals surface area (Å²) in [7, 11) is 0. The van der Waals surface area contributed by atoms with E-state index in [1.807, 2.05) is 0 Å². The third-order valence-corrected chi connectivity index (χ3v) is 4.37. The maximum absolute atomic E-state index is 13.9. The zero-order chi connectivity index (χ0) is 19.1. The highest BCUT2D eigenvalue weighted by atomic mass is 35.5. The van der Waals surface area contributed by atoms with Crippen molar-refractivity contribution in [2.24, 2.45) is 5.16 Å². The summed E-state index contributed by atoms with van der Waals surface area (Å²) in [5.41, 5.74) is -3.35. The first-order valence-electron chi connectivity index (χ1n) is 7.14. The van der Waals surface area contributed by atoms with Gasteiger partial charge < -0.3 is 4.84 Å². The SMILES string of the molecule is N#Cc1ccc(C2=NOC(c3cc(Cl)cc(Cl)c3)(C(F)(F)F)C2)cc1F. The monoisotopic (exact) mass is 402 g/mol. The van der Waals surface area contributed by atoms with Crippen molar-refractivity contribution in [3.63, 3.8) is 0 Å². The van der Waals surface area contributed by atoms with Gasteiger partial charge in [-0.15, -0.1) is 0 Å². The first-order valence-corrected chi connectivity index (χ1v) is 7.90. The van der Waals surface area contributed by atoms with Gasteiger partial charge in [0, 0.05) is 27.6 Å². The lowest BCUT2D eigenvalue weighted by Crippen LogP contribution is -2.42. The fraction of sp³-hybridized carbons (Fsp3) is 0.176. The van der Waals surface area contributed by atoms with Gasteiger partial charge in [-0.3, -0.25) is 0 Å². The van der Waals surface area contributed by atoms with Crippen molar-refractivity contribution in [2.75, 3.05) is 0 Å². The summed E-state index contributed by atoms with van der Waals surface area (Å²) < 4.78 is 55.3. The molecule has 26 heavy (non-hydrogen) atoms. The van der Waals surface area contributed by atoms with Gasteiger partial charge >= 0.3 is 6.18 Å². The molecule has 1 heterocycles. The minimum atomic E-state index is -4.84. The van der Waals surface area contributed by atoms with E-state index in [-0.39, 0.29) is 32.4 Å². The van der Waals surface area contributed by atoms with Crippen LogP contribution in [0.1, 0.15) is 23.1 Å². The number of rotatable bonds is 2. The van der Waals surface area contributed by atoms with Crippen molar-refractivity contribution in [3.05, 3.63) is 69.0 Å². The Hall–Kier alpha value is -2.30. The molecule has 0 radical (unpaired) electrons. The van der Waals surface area contributed by atoms with Crippen LogP contribution in [0.2, 0.25) is 10.0 Å². The molecule has 0 saturated carbocycles. The third kappa shape index (κ3) is 3.11. The Balaban J connectivity index is 2.04. The van der Waals surface area contributed by atoms with Gasteiger partial charge in [0.15, 0.2) is 0 Å². The lowest BCUT2D eigenvalue weighted by molar-refractivity contribution is -0.275. The van der Waals surface area contributed by atoms with Crippen molar-refractivity contribution >= 4 is 28.9 Å². The summed E-state index contributed by atoms with van der Waals surface area (Å²) in [5.74, 6) is -0.858. The highest BCUT2D eigenvalue weighted by Crippen LogP contribution is 2.49. The normalized spacial score (nSPS) is 19.7. The lowest BCUT2D eigenvalue weighted by atomic mass is 9.86. The van der Waals surface area contributed by atoms with E-state index in [0.717, 1.165) is 24.3 Å². The quantitative estimate of drug-likeness (QED) is 0.614. The molecular formula is C17H8Cl2F4N2O. The third-order valence-electron chi connectivity index (χ3n) is 3.94. The lowest BCUT2D eigenvalue weighted by Gasteiger charge is -2.29. The maximum Gasteiger partial charge on any atom is 0.435 e. The van der Waals surface area contributed by atoms with Crippen molar-refractivity contribution in [1.29, 1.82) is 5.26 Å². The van der Waals surface area contributed by atoms with E-state index >= 15 is 0 Å². The van der Waals surface area contributed by atoms with Crippen molar-refractivity contribution in [1.82, 2.24) is 0 Å². The minimum absolute atomic E-state index is 0.0117. The molecular weight excluding hydrogens is 395 g/mol. The molecule has 0 aromatic heterocycles. The molecule has 0 saturated heterocycles. The molecule has 2 aromatic carbocycles. The molecule has 134 valence electrons. The molecule has 0 N–H and O–H groups in total. The van der Waals surface area contributed by atoms with Crippen LogP contribution in [-0.2, 0) is 10.4 Å². The molecule has 1 aliphatic heterocycles. The van der Waals surface area contributed by atoms with E-state index in [2.05, 4.69) is 5.16 Å². The number of hydrogen-bond acceptors (Lipinski definition) is 3. The molecule has 0 bridgehead atoms. The molecule has 1 atom stereocenters. The predicted molar refractivity (Wildman–Crippen MR) is 87.5 cm³/mol. The molecule has 9 heteroatoms. The van der Waals surface area contributed by atoms with Crippen LogP contribution < -0.4 is 0 Å². The summed E-state index contributed by atoms with van der Waals surface area (Å²) >= 11 is 11.6. The van der Waals surface area contributed by atoms with Crippen LogP contribution in [0.5, 0.6) is 0 Å².